The van der Waals surface area contributed by atoms with Crippen molar-refractivity contribution in [2.75, 3.05) is 5.32 Å². The molecule has 0 bridgehead atoms. The molecular formula is C7H10N2O2. The number of carbonyl (C=O) groups is 1. The molecule has 0 aromatic carbocycles. The van der Waals surface area contributed by atoms with Crippen LogP contribution in [0.5, 0.6) is 0 Å². The molecule has 11 heavy (non-hydrogen) atoms. The molecule has 0 aliphatic rings. The second-order valence-electron chi connectivity index (χ2n) is 2.25. The van der Waals surface area contributed by atoms with Gasteiger partial charge in [0.05, 0.1) is 0 Å². The Morgan fingerprint density at radius 1 is 1.82 bits per heavy atom. The van der Waals surface area contributed by atoms with E-state index in [1.165, 1.54) is 6.92 Å². The largest absolute Gasteiger partial charge is 0.384 e. The Kier molecular flexibility index (Phi) is 2.28. The lowest BCUT2D eigenvalue weighted by Gasteiger charge is -2.03. The van der Waals surface area contributed by atoms with Gasteiger partial charge in [-0.3, -0.25) is 4.79 Å². The maximum Gasteiger partial charge on any atom is 0.254 e. The molecule has 4 heteroatoms. The monoisotopic (exact) mass is 154 g/mol. The zero-order chi connectivity index (χ0) is 8.27. The van der Waals surface area contributed by atoms with Crippen molar-refractivity contribution in [1.29, 1.82) is 0 Å². The van der Waals surface area contributed by atoms with Crippen LogP contribution in [0, 0.1) is 0 Å². The van der Waals surface area contributed by atoms with Crippen LogP contribution in [0.3, 0.4) is 0 Å². The number of hydrogen-bond donors (Lipinski definition) is 3. The third-order valence-electron chi connectivity index (χ3n) is 1.24. The SMILES string of the molecule is CC(O)C(=O)Nc1ccc[nH]1. The Hall–Kier alpha value is -1.29. The second-order valence-corrected chi connectivity index (χ2v) is 2.25. The summed E-state index contributed by atoms with van der Waals surface area (Å²) in [5, 5.41) is 11.3. The van der Waals surface area contributed by atoms with Crippen LogP contribution in [0.15, 0.2) is 18.3 Å². The van der Waals surface area contributed by atoms with E-state index in [1.807, 2.05) is 0 Å². The van der Waals surface area contributed by atoms with Crippen molar-refractivity contribution < 1.29 is 9.90 Å². The number of hydrogen-bond acceptors (Lipinski definition) is 2. The van der Waals surface area contributed by atoms with Crippen LogP contribution in [-0.2, 0) is 4.79 Å². The molecule has 0 fully saturated rings. The number of amides is 1. The summed E-state index contributed by atoms with van der Waals surface area (Å²) in [4.78, 5) is 13.6. The summed E-state index contributed by atoms with van der Waals surface area (Å²) >= 11 is 0. The Morgan fingerprint density at radius 2 is 2.55 bits per heavy atom. The average Bonchev–Trinajstić information content (AvgIpc) is 2.39. The minimum absolute atomic E-state index is 0.410. The molecule has 0 aliphatic heterocycles. The van der Waals surface area contributed by atoms with Crippen LogP contribution < -0.4 is 5.32 Å². The minimum Gasteiger partial charge on any atom is -0.384 e. The Bertz CT molecular complexity index is 229. The van der Waals surface area contributed by atoms with E-state index in [9.17, 15) is 4.79 Å². The molecule has 3 N–H and O–H groups in total. The summed E-state index contributed by atoms with van der Waals surface area (Å²) < 4.78 is 0. The zero-order valence-electron chi connectivity index (χ0n) is 6.16. The third kappa shape index (κ3) is 2.09. The molecule has 1 unspecified atom stereocenters. The summed E-state index contributed by atoms with van der Waals surface area (Å²) in [6.07, 6.45) is 0.718. The van der Waals surface area contributed by atoms with Gasteiger partial charge < -0.3 is 15.4 Å². The lowest BCUT2D eigenvalue weighted by atomic mass is 10.4. The number of rotatable bonds is 2. The molecule has 1 aromatic rings. The van der Waals surface area contributed by atoms with Crippen molar-refractivity contribution in [3.63, 3.8) is 0 Å². The maximum absolute atomic E-state index is 10.8. The molecule has 60 valence electrons. The van der Waals surface area contributed by atoms with Crippen molar-refractivity contribution in [2.45, 2.75) is 13.0 Å². The van der Waals surface area contributed by atoms with Gasteiger partial charge in [-0.25, -0.2) is 0 Å². The normalized spacial score (nSPS) is 12.5. The van der Waals surface area contributed by atoms with Crippen molar-refractivity contribution in [3.8, 4) is 0 Å². The van der Waals surface area contributed by atoms with Gasteiger partial charge in [0.2, 0.25) is 0 Å². The molecular weight excluding hydrogens is 144 g/mol. The van der Waals surface area contributed by atoms with Crippen LogP contribution in [-0.4, -0.2) is 22.1 Å². The Labute approximate surface area is 64.2 Å². The molecule has 1 amide bonds. The topological polar surface area (TPSA) is 65.1 Å². The average molecular weight is 154 g/mol. The van der Waals surface area contributed by atoms with Gasteiger partial charge in [0.25, 0.3) is 5.91 Å². The quantitative estimate of drug-likeness (QED) is 0.575. The summed E-state index contributed by atoms with van der Waals surface area (Å²) in [5.74, 6) is 0.184. The van der Waals surface area contributed by atoms with E-state index in [0.29, 0.717) is 5.82 Å². The van der Waals surface area contributed by atoms with E-state index in [2.05, 4.69) is 10.3 Å². The lowest BCUT2D eigenvalue weighted by molar-refractivity contribution is -0.123. The number of aliphatic hydroxyl groups excluding tert-OH is 1. The van der Waals surface area contributed by atoms with Gasteiger partial charge in [-0.1, -0.05) is 0 Å². The van der Waals surface area contributed by atoms with Gasteiger partial charge in [0.1, 0.15) is 11.9 Å². The number of H-pyrrole nitrogens is 1. The van der Waals surface area contributed by atoms with Crippen molar-refractivity contribution >= 4 is 11.7 Å². The number of aromatic nitrogens is 1. The van der Waals surface area contributed by atoms with Crippen LogP contribution in [0.1, 0.15) is 6.92 Å². The number of anilines is 1. The number of aliphatic hydroxyl groups is 1. The van der Waals surface area contributed by atoms with Gasteiger partial charge in [0, 0.05) is 6.20 Å². The van der Waals surface area contributed by atoms with Crippen molar-refractivity contribution in [3.05, 3.63) is 18.3 Å². The van der Waals surface area contributed by atoms with Crippen LogP contribution in [0.4, 0.5) is 5.82 Å². The molecule has 4 nitrogen and oxygen atoms in total. The minimum atomic E-state index is -0.974. The first-order chi connectivity index (χ1) is 5.20. The predicted octanol–water partition coefficient (Wildman–Crippen LogP) is 0.334. The fraction of sp³-hybridized carbons (Fsp3) is 0.286. The van der Waals surface area contributed by atoms with Crippen LogP contribution in [0.25, 0.3) is 0 Å². The Balaban J connectivity index is 2.50. The van der Waals surface area contributed by atoms with Crippen LogP contribution >= 0.6 is 0 Å². The zero-order valence-corrected chi connectivity index (χ0v) is 6.16. The second kappa shape index (κ2) is 3.21. The van der Waals surface area contributed by atoms with Crippen molar-refractivity contribution in [2.24, 2.45) is 0 Å². The fourth-order valence-corrected chi connectivity index (χ4v) is 0.645. The molecule has 1 rings (SSSR count). The number of carbonyl (C=O) groups excluding carboxylic acids is 1. The van der Waals surface area contributed by atoms with E-state index in [0.717, 1.165) is 0 Å². The smallest absolute Gasteiger partial charge is 0.254 e. The predicted molar refractivity (Wildman–Crippen MR) is 41.1 cm³/mol. The standard InChI is InChI=1S/C7H10N2O2/c1-5(10)7(11)9-6-3-2-4-8-6/h2-5,8,10H,1H3,(H,9,11). The van der Waals surface area contributed by atoms with E-state index in [1.54, 1.807) is 18.3 Å². The molecule has 0 saturated heterocycles. The summed E-state index contributed by atoms with van der Waals surface area (Å²) in [6.45, 7) is 1.41. The van der Waals surface area contributed by atoms with Gasteiger partial charge in [-0.15, -0.1) is 0 Å². The molecule has 0 radical (unpaired) electrons. The highest BCUT2D eigenvalue weighted by Gasteiger charge is 2.07. The molecule has 1 aromatic heterocycles. The van der Waals surface area contributed by atoms with Gasteiger partial charge >= 0.3 is 0 Å². The van der Waals surface area contributed by atoms with E-state index in [4.69, 9.17) is 5.11 Å². The number of nitrogens with one attached hydrogen (secondary N) is 2. The molecule has 0 spiro atoms. The van der Waals surface area contributed by atoms with Gasteiger partial charge in [0.15, 0.2) is 0 Å². The first-order valence-electron chi connectivity index (χ1n) is 3.32. The van der Waals surface area contributed by atoms with Crippen molar-refractivity contribution in [1.82, 2.24) is 4.98 Å². The molecule has 0 saturated carbocycles. The molecule has 1 heterocycles. The van der Waals surface area contributed by atoms with E-state index in [-0.39, 0.29) is 0 Å². The highest BCUT2D eigenvalue weighted by atomic mass is 16.3. The maximum atomic E-state index is 10.8. The first kappa shape index (κ1) is 7.81. The van der Waals surface area contributed by atoms with E-state index >= 15 is 0 Å². The summed E-state index contributed by atoms with van der Waals surface area (Å²) in [6, 6.07) is 3.47. The van der Waals surface area contributed by atoms with E-state index < -0.39 is 12.0 Å². The highest BCUT2D eigenvalue weighted by molar-refractivity contribution is 5.92. The first-order valence-corrected chi connectivity index (χ1v) is 3.32. The fourth-order valence-electron chi connectivity index (χ4n) is 0.645. The highest BCUT2D eigenvalue weighted by Crippen LogP contribution is 2.01. The lowest BCUT2D eigenvalue weighted by Crippen LogP contribution is -2.24. The Morgan fingerprint density at radius 3 is 3.00 bits per heavy atom. The van der Waals surface area contributed by atoms with Gasteiger partial charge in [-0.05, 0) is 19.1 Å². The van der Waals surface area contributed by atoms with Crippen LogP contribution in [0.2, 0.25) is 0 Å². The molecule has 0 aliphatic carbocycles. The van der Waals surface area contributed by atoms with Gasteiger partial charge in [-0.2, -0.15) is 0 Å². The third-order valence-corrected chi connectivity index (χ3v) is 1.24. The molecule has 1 atom stereocenters. The summed E-state index contributed by atoms with van der Waals surface area (Å²) in [7, 11) is 0. The number of aromatic amines is 1. The summed E-state index contributed by atoms with van der Waals surface area (Å²) in [5.41, 5.74) is 0.